The van der Waals surface area contributed by atoms with Gasteiger partial charge in [-0.25, -0.2) is 4.98 Å². The number of nitrogens with one attached hydrogen (secondary N) is 1. The van der Waals surface area contributed by atoms with E-state index in [9.17, 15) is 22.8 Å². The van der Waals surface area contributed by atoms with Gasteiger partial charge in [0.2, 0.25) is 5.91 Å². The van der Waals surface area contributed by atoms with Gasteiger partial charge in [-0.05, 0) is 30.3 Å². The van der Waals surface area contributed by atoms with Crippen molar-refractivity contribution in [3.63, 3.8) is 0 Å². The van der Waals surface area contributed by atoms with E-state index in [0.29, 0.717) is 27.8 Å². The van der Waals surface area contributed by atoms with Gasteiger partial charge in [0, 0.05) is 17.1 Å². The molecule has 0 aliphatic carbocycles. The van der Waals surface area contributed by atoms with Crippen LogP contribution in [0.1, 0.15) is 5.56 Å². The van der Waals surface area contributed by atoms with Crippen LogP contribution in [0.2, 0.25) is 0 Å². The number of methoxy groups -OCH3 is 2. The molecule has 0 aliphatic heterocycles. The van der Waals surface area contributed by atoms with Crippen LogP contribution in [0.25, 0.3) is 11.3 Å². The highest BCUT2D eigenvalue weighted by Gasteiger charge is 2.34. The van der Waals surface area contributed by atoms with Crippen molar-refractivity contribution in [3.8, 4) is 22.8 Å². The number of benzene rings is 1. The molecule has 0 radical (unpaired) electrons. The van der Waals surface area contributed by atoms with E-state index in [1.807, 2.05) is 0 Å². The highest BCUT2D eigenvalue weighted by Crippen LogP contribution is 2.33. The lowest BCUT2D eigenvalue weighted by molar-refractivity contribution is -0.139. The number of amides is 1. The zero-order valence-electron chi connectivity index (χ0n) is 15.8. The SMILES string of the molecule is COc1ccc(-c2csc(NC(=O)Cn3cccc(C(F)(F)F)c3=O)n2)cc1OC. The first kappa shape index (κ1) is 21.4. The van der Waals surface area contributed by atoms with Crippen LogP contribution >= 0.6 is 11.3 Å². The van der Waals surface area contributed by atoms with Gasteiger partial charge in [0.25, 0.3) is 5.56 Å². The van der Waals surface area contributed by atoms with Crippen molar-refractivity contribution in [1.29, 1.82) is 0 Å². The summed E-state index contributed by atoms with van der Waals surface area (Å²) in [4.78, 5) is 28.4. The quantitative estimate of drug-likeness (QED) is 0.634. The number of pyridine rings is 1. The fourth-order valence-corrected chi connectivity index (χ4v) is 3.39. The Bertz CT molecular complexity index is 1120. The normalized spacial score (nSPS) is 11.2. The van der Waals surface area contributed by atoms with Crippen molar-refractivity contribution in [2.45, 2.75) is 12.7 Å². The van der Waals surface area contributed by atoms with Crippen molar-refractivity contribution >= 4 is 22.4 Å². The van der Waals surface area contributed by atoms with Crippen molar-refractivity contribution in [2.75, 3.05) is 19.5 Å². The number of hydrogen-bond acceptors (Lipinski definition) is 6. The Morgan fingerprint density at radius 2 is 1.93 bits per heavy atom. The van der Waals surface area contributed by atoms with E-state index in [0.717, 1.165) is 29.2 Å². The maximum absolute atomic E-state index is 12.8. The highest BCUT2D eigenvalue weighted by atomic mass is 32.1. The smallest absolute Gasteiger partial charge is 0.421 e. The summed E-state index contributed by atoms with van der Waals surface area (Å²) in [6.45, 7) is -0.575. The predicted molar refractivity (Wildman–Crippen MR) is 105 cm³/mol. The van der Waals surface area contributed by atoms with Gasteiger partial charge < -0.3 is 19.4 Å². The molecular weight excluding hydrogens is 423 g/mol. The van der Waals surface area contributed by atoms with Crippen LogP contribution in [0.4, 0.5) is 18.3 Å². The molecule has 0 bridgehead atoms. The monoisotopic (exact) mass is 439 g/mol. The molecule has 158 valence electrons. The van der Waals surface area contributed by atoms with Gasteiger partial charge in [-0.15, -0.1) is 11.3 Å². The number of nitrogens with zero attached hydrogens (tertiary/aromatic N) is 2. The number of rotatable bonds is 6. The van der Waals surface area contributed by atoms with E-state index >= 15 is 0 Å². The van der Waals surface area contributed by atoms with Gasteiger partial charge in [-0.1, -0.05) is 0 Å². The largest absolute Gasteiger partial charge is 0.493 e. The molecular formula is C19H16F3N3O4S. The first-order chi connectivity index (χ1) is 14.2. The molecule has 0 spiro atoms. The fraction of sp³-hybridized carbons (Fsp3) is 0.211. The second kappa shape index (κ2) is 8.57. The molecule has 1 aromatic carbocycles. The zero-order valence-corrected chi connectivity index (χ0v) is 16.6. The van der Waals surface area contributed by atoms with E-state index in [1.165, 1.54) is 14.2 Å². The minimum absolute atomic E-state index is 0.241. The number of halogens is 3. The third kappa shape index (κ3) is 4.62. The number of aromatic nitrogens is 2. The van der Waals surface area contributed by atoms with Gasteiger partial charge in [-0.3, -0.25) is 9.59 Å². The van der Waals surface area contributed by atoms with Crippen LogP contribution < -0.4 is 20.3 Å². The lowest BCUT2D eigenvalue weighted by atomic mass is 10.1. The summed E-state index contributed by atoms with van der Waals surface area (Å²) < 4.78 is 49.6. The van der Waals surface area contributed by atoms with E-state index < -0.39 is 29.8 Å². The average Bonchev–Trinajstić information content (AvgIpc) is 3.16. The molecule has 3 rings (SSSR count). The summed E-state index contributed by atoms with van der Waals surface area (Å²) >= 11 is 1.14. The van der Waals surface area contributed by atoms with E-state index in [1.54, 1.807) is 23.6 Å². The Morgan fingerprint density at radius 3 is 2.60 bits per heavy atom. The second-order valence-electron chi connectivity index (χ2n) is 6.01. The van der Waals surface area contributed by atoms with Gasteiger partial charge in [0.1, 0.15) is 12.1 Å². The molecule has 30 heavy (non-hydrogen) atoms. The summed E-state index contributed by atoms with van der Waals surface area (Å²) in [7, 11) is 3.02. The zero-order chi connectivity index (χ0) is 21.9. The molecule has 11 heteroatoms. The van der Waals surface area contributed by atoms with Gasteiger partial charge in [0.15, 0.2) is 16.6 Å². The molecule has 0 saturated carbocycles. The van der Waals surface area contributed by atoms with Gasteiger partial charge >= 0.3 is 6.18 Å². The standard InChI is InChI=1S/C19H16F3N3O4S/c1-28-14-6-5-11(8-15(14)29-2)13-10-30-18(23-13)24-16(26)9-25-7-3-4-12(17(25)27)19(20,21)22/h3-8,10H,9H2,1-2H3,(H,23,24,26). The topological polar surface area (TPSA) is 82.5 Å². The Morgan fingerprint density at radius 1 is 1.20 bits per heavy atom. The van der Waals surface area contributed by atoms with Crippen LogP contribution in [0.15, 0.2) is 46.7 Å². The molecule has 0 fully saturated rings. The molecule has 2 aromatic heterocycles. The van der Waals surface area contributed by atoms with Gasteiger partial charge in [-0.2, -0.15) is 13.2 Å². The molecule has 1 N–H and O–H groups in total. The third-order valence-corrected chi connectivity index (χ3v) is 4.83. The number of thiazole rings is 1. The summed E-state index contributed by atoms with van der Waals surface area (Å²) in [5, 5.41) is 4.43. The Hall–Kier alpha value is -3.34. The van der Waals surface area contributed by atoms with E-state index in [4.69, 9.17) is 9.47 Å². The molecule has 1 amide bonds. The number of alkyl halides is 3. The minimum atomic E-state index is -4.79. The Balaban J connectivity index is 1.74. The molecule has 3 aromatic rings. The molecule has 0 aliphatic rings. The van der Waals surface area contributed by atoms with Crippen LogP contribution in [0, 0.1) is 0 Å². The lowest BCUT2D eigenvalue weighted by Gasteiger charge is -2.10. The molecule has 2 heterocycles. The van der Waals surface area contributed by atoms with Crippen LogP contribution in [-0.4, -0.2) is 29.7 Å². The van der Waals surface area contributed by atoms with E-state index in [2.05, 4.69) is 10.3 Å². The molecule has 0 unspecified atom stereocenters. The second-order valence-corrected chi connectivity index (χ2v) is 6.87. The summed E-state index contributed by atoms with van der Waals surface area (Å²) in [5.41, 5.74) is -1.33. The number of carbonyl (C=O) groups is 1. The van der Waals surface area contributed by atoms with Crippen molar-refractivity contribution in [1.82, 2.24) is 9.55 Å². The van der Waals surface area contributed by atoms with Crippen LogP contribution in [0.3, 0.4) is 0 Å². The van der Waals surface area contributed by atoms with Crippen LogP contribution in [0.5, 0.6) is 11.5 Å². The Kier molecular flexibility index (Phi) is 6.11. The van der Waals surface area contributed by atoms with Crippen LogP contribution in [-0.2, 0) is 17.5 Å². The van der Waals surface area contributed by atoms with Crippen molar-refractivity contribution < 1.29 is 27.4 Å². The van der Waals surface area contributed by atoms with Gasteiger partial charge in [0.05, 0.1) is 19.9 Å². The first-order valence-electron chi connectivity index (χ1n) is 8.47. The maximum atomic E-state index is 12.8. The maximum Gasteiger partial charge on any atom is 0.421 e. The lowest BCUT2D eigenvalue weighted by Crippen LogP contribution is -2.31. The molecule has 7 nitrogen and oxygen atoms in total. The third-order valence-electron chi connectivity index (χ3n) is 4.07. The fourth-order valence-electron chi connectivity index (χ4n) is 2.65. The first-order valence-corrected chi connectivity index (χ1v) is 9.35. The number of hydrogen-bond donors (Lipinski definition) is 1. The summed E-state index contributed by atoms with van der Waals surface area (Å²) in [5.74, 6) is 0.388. The summed E-state index contributed by atoms with van der Waals surface area (Å²) in [6.07, 6.45) is -3.67. The average molecular weight is 439 g/mol. The molecule has 0 atom stereocenters. The molecule has 0 saturated heterocycles. The summed E-state index contributed by atoms with van der Waals surface area (Å²) in [6, 6.07) is 6.95. The number of carbonyl (C=O) groups excluding carboxylic acids is 1. The predicted octanol–water partition coefficient (Wildman–Crippen LogP) is 3.65. The Labute approximate surface area is 172 Å². The van der Waals surface area contributed by atoms with Crippen molar-refractivity contribution in [2.24, 2.45) is 0 Å². The van der Waals surface area contributed by atoms with Crippen molar-refractivity contribution in [3.05, 3.63) is 57.8 Å². The van der Waals surface area contributed by atoms with E-state index in [-0.39, 0.29) is 5.13 Å². The number of ether oxygens (including phenoxy) is 2. The highest BCUT2D eigenvalue weighted by molar-refractivity contribution is 7.14. The number of anilines is 1. The minimum Gasteiger partial charge on any atom is -0.493 e.